The molecule has 1 aliphatic heterocycles. The summed E-state index contributed by atoms with van der Waals surface area (Å²) in [6, 6.07) is 24.5. The molecular weight excluding hydrogens is 548 g/mol. The number of rotatable bonds is 8. The summed E-state index contributed by atoms with van der Waals surface area (Å²) in [5.74, 6) is -1.69. The molecule has 0 bridgehead atoms. The molecule has 2 heterocycles. The minimum absolute atomic E-state index is 0.0845. The molecule has 2 N–H and O–H groups in total. The lowest BCUT2D eigenvalue weighted by atomic mass is 10.2. The summed E-state index contributed by atoms with van der Waals surface area (Å²) in [6.45, 7) is -0.404. The molecule has 41 heavy (non-hydrogen) atoms. The molecule has 1 aromatic heterocycles. The quantitative estimate of drug-likeness (QED) is 0.108. The number of carbonyl (C=O) groups excluding carboxylic acids is 4. The zero-order valence-corrected chi connectivity index (χ0v) is 21.9. The van der Waals surface area contributed by atoms with Crippen LogP contribution in [0.4, 0.5) is 4.79 Å². The summed E-state index contributed by atoms with van der Waals surface area (Å²) in [5.41, 5.74) is 3.48. The zero-order valence-electron chi connectivity index (χ0n) is 21.1. The summed E-state index contributed by atoms with van der Waals surface area (Å²) < 4.78 is 7.75. The van der Waals surface area contributed by atoms with Crippen molar-refractivity contribution in [2.45, 2.75) is 6.54 Å². The fourth-order valence-corrected chi connectivity index (χ4v) is 4.43. The average Bonchev–Trinajstić information content (AvgIpc) is 3.47. The van der Waals surface area contributed by atoms with Gasteiger partial charge in [0.2, 0.25) is 0 Å². The largest absolute Gasteiger partial charge is 0.423 e. The number of esters is 1. The number of nitrogens with one attached hydrogen (secondary N) is 2. The van der Waals surface area contributed by atoms with E-state index in [0.29, 0.717) is 34.4 Å². The molecule has 204 valence electrons. The summed E-state index contributed by atoms with van der Waals surface area (Å²) in [6.07, 6.45) is 2.17. The summed E-state index contributed by atoms with van der Waals surface area (Å²) in [5, 5.41) is 9.78. The number of carbonyl (C=O) groups is 4. The molecule has 1 aliphatic rings. The van der Waals surface area contributed by atoms with Gasteiger partial charge < -0.3 is 4.74 Å². The first-order valence-corrected chi connectivity index (χ1v) is 12.9. The Kier molecular flexibility index (Phi) is 7.97. The highest BCUT2D eigenvalue weighted by Crippen LogP contribution is 2.24. The lowest BCUT2D eigenvalue weighted by Crippen LogP contribution is -2.31. The predicted molar refractivity (Wildman–Crippen MR) is 150 cm³/mol. The van der Waals surface area contributed by atoms with Crippen molar-refractivity contribution in [2.24, 2.45) is 5.10 Å². The molecule has 0 aliphatic carbocycles. The first-order chi connectivity index (χ1) is 19.9. The summed E-state index contributed by atoms with van der Waals surface area (Å²) in [4.78, 5) is 61.0. The highest BCUT2D eigenvalue weighted by atomic mass is 32.2. The van der Waals surface area contributed by atoms with Crippen LogP contribution in [0.2, 0.25) is 0 Å². The van der Waals surface area contributed by atoms with Gasteiger partial charge in [-0.15, -0.1) is 5.10 Å². The van der Waals surface area contributed by atoms with E-state index in [9.17, 15) is 24.0 Å². The van der Waals surface area contributed by atoms with Crippen molar-refractivity contribution in [1.82, 2.24) is 25.1 Å². The molecule has 0 radical (unpaired) electrons. The Labute approximate surface area is 236 Å². The number of para-hydroxylation sites is 2. The Balaban J connectivity index is 1.29. The maximum atomic E-state index is 13.3. The van der Waals surface area contributed by atoms with E-state index >= 15 is 0 Å². The third kappa shape index (κ3) is 6.37. The van der Waals surface area contributed by atoms with Crippen LogP contribution in [-0.2, 0) is 20.9 Å². The van der Waals surface area contributed by atoms with Gasteiger partial charge in [0.05, 0.1) is 16.8 Å². The SMILES string of the molecule is O=C(Cn1nc(-c2ccccc2)n(-c2ccccc2)c1=O)NN=Cc1ccccc1OC(=O)C=C1SC(=O)NC1=O. The van der Waals surface area contributed by atoms with Gasteiger partial charge in [0.15, 0.2) is 5.82 Å². The van der Waals surface area contributed by atoms with Crippen LogP contribution in [0.5, 0.6) is 5.75 Å². The summed E-state index contributed by atoms with van der Waals surface area (Å²) in [7, 11) is 0. The van der Waals surface area contributed by atoms with Crippen LogP contribution < -0.4 is 21.2 Å². The number of aromatic nitrogens is 3. The van der Waals surface area contributed by atoms with Gasteiger partial charge in [0.25, 0.3) is 17.1 Å². The van der Waals surface area contributed by atoms with Crippen molar-refractivity contribution in [3.63, 3.8) is 0 Å². The molecule has 0 atom stereocenters. The van der Waals surface area contributed by atoms with Crippen molar-refractivity contribution in [1.29, 1.82) is 0 Å². The molecular formula is C28H20N6O6S. The van der Waals surface area contributed by atoms with Gasteiger partial charge in [0.1, 0.15) is 12.3 Å². The van der Waals surface area contributed by atoms with E-state index in [0.717, 1.165) is 10.8 Å². The minimum Gasteiger partial charge on any atom is -0.423 e. The number of nitrogens with zero attached hydrogens (tertiary/aromatic N) is 4. The fourth-order valence-electron chi connectivity index (χ4n) is 3.79. The molecule has 5 rings (SSSR count). The predicted octanol–water partition coefficient (Wildman–Crippen LogP) is 2.62. The Hall–Kier alpha value is -5.56. The number of ether oxygens (including phenoxy) is 1. The Morgan fingerprint density at radius 2 is 1.63 bits per heavy atom. The van der Waals surface area contributed by atoms with Gasteiger partial charge in [0, 0.05) is 17.2 Å². The maximum Gasteiger partial charge on any atom is 0.351 e. The Morgan fingerprint density at radius 3 is 2.34 bits per heavy atom. The van der Waals surface area contributed by atoms with Gasteiger partial charge in [-0.1, -0.05) is 60.7 Å². The highest BCUT2D eigenvalue weighted by molar-refractivity contribution is 8.18. The van der Waals surface area contributed by atoms with Crippen LogP contribution in [-0.4, -0.2) is 43.6 Å². The molecule has 4 aromatic rings. The average molecular weight is 569 g/mol. The van der Waals surface area contributed by atoms with E-state index in [1.165, 1.54) is 16.8 Å². The van der Waals surface area contributed by atoms with E-state index in [1.807, 2.05) is 41.7 Å². The first-order valence-electron chi connectivity index (χ1n) is 12.1. The molecule has 1 saturated heterocycles. The molecule has 1 fully saturated rings. The van der Waals surface area contributed by atoms with Crippen molar-refractivity contribution in [3.8, 4) is 22.8 Å². The van der Waals surface area contributed by atoms with Crippen LogP contribution in [0.25, 0.3) is 17.1 Å². The highest BCUT2D eigenvalue weighted by Gasteiger charge is 2.26. The van der Waals surface area contributed by atoms with Crippen LogP contribution in [0.1, 0.15) is 5.56 Å². The van der Waals surface area contributed by atoms with Crippen molar-refractivity contribution < 1.29 is 23.9 Å². The van der Waals surface area contributed by atoms with Crippen LogP contribution in [0.15, 0.2) is 106 Å². The van der Waals surface area contributed by atoms with E-state index in [-0.39, 0.29) is 10.7 Å². The molecule has 3 aromatic carbocycles. The number of benzene rings is 3. The third-order valence-corrected chi connectivity index (χ3v) is 6.40. The maximum absolute atomic E-state index is 13.3. The normalized spacial score (nSPS) is 13.9. The number of hydrogen-bond acceptors (Lipinski definition) is 9. The standard InChI is InChI=1S/C28H20N6O6S/c35-23(17-33-28(39)34(20-12-5-2-6-13-20)25(32-33)18-9-3-1-4-10-18)31-29-16-19-11-7-8-14-21(19)40-24(36)15-22-26(37)30-27(38)41-22/h1-16H,17H2,(H,31,35)(H,30,37,38). The summed E-state index contributed by atoms with van der Waals surface area (Å²) >= 11 is 0.591. The van der Waals surface area contributed by atoms with E-state index in [4.69, 9.17) is 4.74 Å². The second-order valence-corrected chi connectivity index (χ2v) is 9.42. The Morgan fingerprint density at radius 1 is 0.951 bits per heavy atom. The second-order valence-electron chi connectivity index (χ2n) is 8.41. The number of thioether (sulfide) groups is 1. The lowest BCUT2D eigenvalue weighted by Gasteiger charge is -2.05. The van der Waals surface area contributed by atoms with Gasteiger partial charge in [-0.05, 0) is 36.0 Å². The number of imide groups is 1. The van der Waals surface area contributed by atoms with E-state index in [1.54, 1.807) is 42.5 Å². The van der Waals surface area contributed by atoms with E-state index < -0.39 is 35.3 Å². The van der Waals surface area contributed by atoms with Gasteiger partial charge in [-0.25, -0.2) is 24.3 Å². The molecule has 0 spiro atoms. The van der Waals surface area contributed by atoms with Crippen molar-refractivity contribution >= 4 is 41.0 Å². The minimum atomic E-state index is -0.871. The lowest BCUT2D eigenvalue weighted by molar-refractivity contribution is -0.129. The van der Waals surface area contributed by atoms with Crippen LogP contribution in [0, 0.1) is 0 Å². The molecule has 0 unspecified atom stereocenters. The number of hydrogen-bond donors (Lipinski definition) is 2. The monoisotopic (exact) mass is 568 g/mol. The molecule has 12 nitrogen and oxygen atoms in total. The first kappa shape index (κ1) is 27.0. The van der Waals surface area contributed by atoms with Gasteiger partial charge in [-0.2, -0.15) is 5.10 Å². The molecule has 13 heteroatoms. The third-order valence-electron chi connectivity index (χ3n) is 5.59. The van der Waals surface area contributed by atoms with Gasteiger partial charge in [-0.3, -0.25) is 19.7 Å². The van der Waals surface area contributed by atoms with Crippen molar-refractivity contribution in [2.75, 3.05) is 0 Å². The van der Waals surface area contributed by atoms with E-state index in [2.05, 4.69) is 15.6 Å². The molecule has 3 amide bonds. The Bertz CT molecular complexity index is 1760. The van der Waals surface area contributed by atoms with Crippen LogP contribution >= 0.6 is 11.8 Å². The zero-order chi connectivity index (χ0) is 28.8. The second kappa shape index (κ2) is 12.1. The van der Waals surface area contributed by atoms with Crippen molar-refractivity contribution in [3.05, 3.63) is 112 Å². The molecule has 0 saturated carbocycles. The fraction of sp³-hybridized carbons (Fsp3) is 0.0357. The number of amides is 3. The number of hydrazone groups is 1. The smallest absolute Gasteiger partial charge is 0.351 e. The van der Waals surface area contributed by atoms with Gasteiger partial charge >= 0.3 is 11.7 Å². The topological polar surface area (TPSA) is 154 Å². The van der Waals surface area contributed by atoms with Crippen LogP contribution in [0.3, 0.4) is 0 Å².